The second-order valence-corrected chi connectivity index (χ2v) is 12.6. The summed E-state index contributed by atoms with van der Waals surface area (Å²) in [4.78, 5) is 11.2. The number of carbonyl (C=O) groups is 1. The molecular weight excluding hydrogens is 410 g/mol. The Morgan fingerprint density at radius 3 is 1.53 bits per heavy atom. The third kappa shape index (κ3) is 9.21. The SMILES string of the molecule is CC.CC(C)(C)C=O.CNC1C2CC3CC(C2)CC1C3.CSc1ccc(C(C)(C)C)cc1. The normalized spacial score (nSPS) is 27.8. The van der Waals surface area contributed by atoms with Gasteiger partial charge in [0.15, 0.2) is 0 Å². The number of benzene rings is 1. The highest BCUT2D eigenvalue weighted by Gasteiger charge is 2.47. The molecule has 1 aromatic rings. The minimum Gasteiger partial charge on any atom is -0.316 e. The van der Waals surface area contributed by atoms with Crippen LogP contribution in [0.1, 0.15) is 93.1 Å². The van der Waals surface area contributed by atoms with Gasteiger partial charge in [0.05, 0.1) is 0 Å². The van der Waals surface area contributed by atoms with Crippen LogP contribution in [-0.2, 0) is 10.2 Å². The number of rotatable bonds is 2. The molecule has 0 unspecified atom stereocenters. The van der Waals surface area contributed by atoms with E-state index in [1.165, 1.54) is 10.5 Å². The molecule has 0 saturated heterocycles. The van der Waals surface area contributed by atoms with E-state index >= 15 is 0 Å². The van der Waals surface area contributed by atoms with Gasteiger partial charge in [-0.05, 0) is 92.2 Å². The first-order valence-corrected chi connectivity index (χ1v) is 14.0. The Bertz CT molecular complexity index is 625. The minimum atomic E-state index is -0.139. The van der Waals surface area contributed by atoms with Gasteiger partial charge in [-0.2, -0.15) is 0 Å². The molecule has 2 nitrogen and oxygen atoms in total. The number of carbonyl (C=O) groups excluding carboxylic acids is 1. The number of hydrogen-bond acceptors (Lipinski definition) is 3. The Labute approximate surface area is 204 Å². The first-order chi connectivity index (χ1) is 15.0. The summed E-state index contributed by atoms with van der Waals surface area (Å²) >= 11 is 1.79. The lowest BCUT2D eigenvalue weighted by Gasteiger charge is -2.54. The molecule has 3 heteroatoms. The van der Waals surface area contributed by atoms with Crippen LogP contribution in [0.25, 0.3) is 0 Å². The molecule has 0 aromatic heterocycles. The van der Waals surface area contributed by atoms with E-state index < -0.39 is 0 Å². The van der Waals surface area contributed by atoms with Gasteiger partial charge < -0.3 is 10.1 Å². The molecule has 0 amide bonds. The van der Waals surface area contributed by atoms with Gasteiger partial charge in [-0.1, -0.05) is 67.5 Å². The molecule has 1 N–H and O–H groups in total. The van der Waals surface area contributed by atoms with Gasteiger partial charge in [0.1, 0.15) is 6.29 Å². The van der Waals surface area contributed by atoms with Gasteiger partial charge in [0.25, 0.3) is 0 Å². The van der Waals surface area contributed by atoms with Crippen molar-refractivity contribution in [3.8, 4) is 0 Å². The van der Waals surface area contributed by atoms with E-state index in [-0.39, 0.29) is 10.8 Å². The Morgan fingerprint density at radius 1 is 0.844 bits per heavy atom. The van der Waals surface area contributed by atoms with Crippen molar-refractivity contribution < 1.29 is 4.79 Å². The third-order valence-electron chi connectivity index (χ3n) is 6.87. The second kappa shape index (κ2) is 13.2. The first kappa shape index (κ1) is 29.2. The van der Waals surface area contributed by atoms with Crippen LogP contribution in [0.15, 0.2) is 29.2 Å². The standard InChI is InChI=1S/C11H19N.C11H16S.C5H10O.C2H6/c1-12-11-9-3-7-2-8(5-9)6-10(11)4-7;1-11(2,3)9-5-7-10(12-4)8-6-9;1-5(2,3)4-6;1-2/h7-12H,2-6H2,1H3;5-8H,1-4H3;4H,1-3H3;1-2H3. The molecule has 4 bridgehead atoms. The van der Waals surface area contributed by atoms with Crippen LogP contribution in [0, 0.1) is 29.1 Å². The van der Waals surface area contributed by atoms with Gasteiger partial charge in [-0.25, -0.2) is 0 Å². The van der Waals surface area contributed by atoms with Crippen LogP contribution in [0.3, 0.4) is 0 Å². The highest BCUT2D eigenvalue weighted by Crippen LogP contribution is 2.53. The van der Waals surface area contributed by atoms with E-state index in [1.54, 1.807) is 43.9 Å². The average molecular weight is 462 g/mol. The molecule has 0 spiro atoms. The fraction of sp³-hybridized carbons (Fsp3) is 0.759. The maximum atomic E-state index is 9.83. The van der Waals surface area contributed by atoms with Crippen molar-refractivity contribution in [1.29, 1.82) is 0 Å². The van der Waals surface area contributed by atoms with Crippen molar-refractivity contribution >= 4 is 18.0 Å². The van der Waals surface area contributed by atoms with Gasteiger partial charge in [0, 0.05) is 16.4 Å². The van der Waals surface area contributed by atoms with E-state index in [0.717, 1.165) is 36.0 Å². The van der Waals surface area contributed by atoms with Crippen LogP contribution >= 0.6 is 11.8 Å². The Kier molecular flexibility index (Phi) is 12.0. The van der Waals surface area contributed by atoms with Crippen LogP contribution in [0.5, 0.6) is 0 Å². The largest absolute Gasteiger partial charge is 0.316 e. The molecule has 4 saturated carbocycles. The average Bonchev–Trinajstić information content (AvgIpc) is 2.74. The Balaban J connectivity index is 0.000000244. The van der Waals surface area contributed by atoms with Crippen molar-refractivity contribution in [2.45, 2.75) is 104 Å². The lowest BCUT2D eigenvalue weighted by molar-refractivity contribution is -0.113. The molecule has 1 aromatic carbocycles. The van der Waals surface area contributed by atoms with Crippen molar-refractivity contribution in [2.24, 2.45) is 29.1 Å². The molecule has 4 aliphatic carbocycles. The molecule has 0 radical (unpaired) electrons. The molecule has 0 heterocycles. The monoisotopic (exact) mass is 461 g/mol. The molecule has 5 rings (SSSR count). The van der Waals surface area contributed by atoms with Gasteiger partial charge in [-0.3, -0.25) is 0 Å². The Hall–Kier alpha value is -0.800. The van der Waals surface area contributed by atoms with Crippen LogP contribution < -0.4 is 5.32 Å². The summed E-state index contributed by atoms with van der Waals surface area (Å²) in [5.41, 5.74) is 1.54. The van der Waals surface area contributed by atoms with Crippen molar-refractivity contribution in [1.82, 2.24) is 5.32 Å². The summed E-state index contributed by atoms with van der Waals surface area (Å²) in [5.74, 6) is 4.34. The maximum absolute atomic E-state index is 9.83. The second-order valence-electron chi connectivity index (χ2n) is 11.7. The zero-order chi connectivity index (χ0) is 24.5. The highest BCUT2D eigenvalue weighted by molar-refractivity contribution is 7.98. The van der Waals surface area contributed by atoms with E-state index in [0.29, 0.717) is 0 Å². The van der Waals surface area contributed by atoms with Crippen molar-refractivity contribution in [3.05, 3.63) is 29.8 Å². The van der Waals surface area contributed by atoms with Crippen LogP contribution in [0.4, 0.5) is 0 Å². The lowest BCUT2D eigenvalue weighted by atomic mass is 9.54. The summed E-state index contributed by atoms with van der Waals surface area (Å²) in [6, 6.07) is 9.69. The van der Waals surface area contributed by atoms with E-state index in [1.807, 2.05) is 34.6 Å². The van der Waals surface area contributed by atoms with Crippen LogP contribution in [-0.4, -0.2) is 25.6 Å². The number of thioether (sulfide) groups is 1. The molecule has 0 atom stereocenters. The third-order valence-corrected chi connectivity index (χ3v) is 7.61. The lowest BCUT2D eigenvalue weighted by Crippen LogP contribution is -2.53. The fourth-order valence-electron chi connectivity index (χ4n) is 5.49. The predicted molar refractivity (Wildman–Crippen MR) is 144 cm³/mol. The van der Waals surface area contributed by atoms with Crippen LogP contribution in [0.2, 0.25) is 0 Å². The smallest absolute Gasteiger partial charge is 0.125 e. The minimum absolute atomic E-state index is 0.139. The molecule has 0 aliphatic heterocycles. The fourth-order valence-corrected chi connectivity index (χ4v) is 5.90. The summed E-state index contributed by atoms with van der Waals surface area (Å²) < 4.78 is 0. The maximum Gasteiger partial charge on any atom is 0.125 e. The van der Waals surface area contributed by atoms with E-state index in [2.05, 4.69) is 63.7 Å². The zero-order valence-electron chi connectivity index (χ0n) is 22.6. The van der Waals surface area contributed by atoms with Crippen molar-refractivity contribution in [2.75, 3.05) is 13.3 Å². The molecule has 184 valence electrons. The van der Waals surface area contributed by atoms with Gasteiger partial charge in [0.2, 0.25) is 0 Å². The predicted octanol–water partition coefficient (Wildman–Crippen LogP) is 7.99. The summed E-state index contributed by atoms with van der Waals surface area (Å²) in [6.07, 6.45) is 10.8. The molecule has 32 heavy (non-hydrogen) atoms. The topological polar surface area (TPSA) is 29.1 Å². The number of aldehydes is 1. The zero-order valence-corrected chi connectivity index (χ0v) is 23.4. The van der Waals surface area contributed by atoms with E-state index in [9.17, 15) is 4.79 Å². The van der Waals surface area contributed by atoms with Gasteiger partial charge >= 0.3 is 0 Å². The summed E-state index contributed by atoms with van der Waals surface area (Å²) in [6.45, 7) is 16.3. The first-order valence-electron chi connectivity index (χ1n) is 12.7. The molecule has 4 aliphatic rings. The summed E-state index contributed by atoms with van der Waals surface area (Å²) in [5, 5.41) is 3.55. The highest BCUT2D eigenvalue weighted by atomic mass is 32.2. The molecular formula is C29H51NOS. The van der Waals surface area contributed by atoms with Crippen molar-refractivity contribution in [3.63, 3.8) is 0 Å². The van der Waals surface area contributed by atoms with Gasteiger partial charge in [-0.15, -0.1) is 11.8 Å². The quantitative estimate of drug-likeness (QED) is 0.357. The Morgan fingerprint density at radius 2 is 1.25 bits per heavy atom. The molecule has 4 fully saturated rings. The number of nitrogens with one attached hydrogen (secondary N) is 1. The summed E-state index contributed by atoms with van der Waals surface area (Å²) in [7, 11) is 2.16. The van der Waals surface area contributed by atoms with E-state index in [4.69, 9.17) is 0 Å². The number of hydrogen-bond donors (Lipinski definition) is 1.